The minimum Gasteiger partial charge on any atom is -0.388 e. The third kappa shape index (κ3) is 2.73. The highest BCUT2D eigenvalue weighted by atomic mass is 16.5. The SMILES string of the molecule is CN(C)[C@H]1C[C@@]23CC[C@@]4(O2)C(=CC[C@]2(C)C(c5ccc6cc[nH]c(=O)c6c5)=CC[C@H]24)C=C3[C@@H](O)[C@@H]1O. The molecule has 0 unspecified atom stereocenters. The van der Waals surface area contributed by atoms with Crippen LogP contribution in [0.5, 0.6) is 0 Å². The maximum absolute atomic E-state index is 12.5. The molecule has 2 aliphatic heterocycles. The van der Waals surface area contributed by atoms with E-state index in [1.54, 1.807) is 6.20 Å². The Morgan fingerprint density at radius 1 is 1.14 bits per heavy atom. The molecule has 1 saturated heterocycles. The number of hydrogen-bond donors (Lipinski definition) is 3. The molecule has 3 heterocycles. The smallest absolute Gasteiger partial charge is 0.255 e. The Balaban J connectivity index is 1.31. The van der Waals surface area contributed by atoms with Crippen LogP contribution in [-0.2, 0) is 4.74 Å². The van der Waals surface area contributed by atoms with Crippen LogP contribution in [0.15, 0.2) is 64.6 Å². The number of aromatic amines is 1. The second-order valence-corrected chi connectivity index (χ2v) is 12.1. The first-order valence-corrected chi connectivity index (χ1v) is 13.2. The lowest BCUT2D eigenvalue weighted by atomic mass is 9.58. The van der Waals surface area contributed by atoms with Gasteiger partial charge in [0, 0.05) is 29.0 Å². The highest BCUT2D eigenvalue weighted by molar-refractivity contribution is 5.87. The number of likely N-dealkylation sites (N-methyl/N-ethyl adjacent to an activating group) is 1. The van der Waals surface area contributed by atoms with Crippen molar-refractivity contribution in [3.05, 3.63) is 75.8 Å². The van der Waals surface area contributed by atoms with E-state index < -0.39 is 17.8 Å². The fraction of sp³-hybridized carbons (Fsp3) is 0.500. The van der Waals surface area contributed by atoms with Crippen molar-refractivity contribution in [1.82, 2.24) is 9.88 Å². The fourth-order valence-electron chi connectivity index (χ4n) is 8.30. The third-order valence-electron chi connectivity index (χ3n) is 10.2. The molecule has 2 spiro atoms. The summed E-state index contributed by atoms with van der Waals surface area (Å²) in [5, 5.41) is 23.7. The molecule has 1 saturated carbocycles. The molecule has 7 atom stereocenters. The molecule has 3 aliphatic carbocycles. The van der Waals surface area contributed by atoms with Gasteiger partial charge in [0.1, 0.15) is 6.10 Å². The largest absolute Gasteiger partial charge is 0.388 e. The summed E-state index contributed by atoms with van der Waals surface area (Å²) in [7, 11) is 3.93. The first-order chi connectivity index (χ1) is 17.2. The van der Waals surface area contributed by atoms with E-state index in [9.17, 15) is 15.0 Å². The molecule has 0 amide bonds. The van der Waals surface area contributed by atoms with E-state index in [1.807, 2.05) is 37.2 Å². The predicted octanol–water partition coefficient (Wildman–Crippen LogP) is 3.55. The molecule has 3 N–H and O–H groups in total. The van der Waals surface area contributed by atoms with Crippen LogP contribution < -0.4 is 5.56 Å². The van der Waals surface area contributed by atoms with Gasteiger partial charge in [0.05, 0.1) is 17.3 Å². The minimum absolute atomic E-state index is 0.0569. The van der Waals surface area contributed by atoms with Gasteiger partial charge in [-0.05, 0) is 86.0 Å². The number of rotatable bonds is 2. The van der Waals surface area contributed by atoms with Gasteiger partial charge in [0.2, 0.25) is 0 Å². The summed E-state index contributed by atoms with van der Waals surface area (Å²) in [5.41, 5.74) is 3.36. The first-order valence-electron chi connectivity index (χ1n) is 13.2. The summed E-state index contributed by atoms with van der Waals surface area (Å²) >= 11 is 0. The van der Waals surface area contributed by atoms with Gasteiger partial charge in [-0.2, -0.15) is 0 Å². The molecule has 7 rings (SSSR count). The lowest BCUT2D eigenvalue weighted by molar-refractivity contribution is -0.161. The quantitative estimate of drug-likeness (QED) is 0.605. The van der Waals surface area contributed by atoms with Gasteiger partial charge >= 0.3 is 0 Å². The van der Waals surface area contributed by atoms with E-state index >= 15 is 0 Å². The van der Waals surface area contributed by atoms with E-state index in [1.165, 1.54) is 11.1 Å². The zero-order valence-corrected chi connectivity index (χ0v) is 21.1. The van der Waals surface area contributed by atoms with Gasteiger partial charge in [-0.3, -0.25) is 4.79 Å². The average Bonchev–Trinajstić information content (AvgIpc) is 3.37. The Kier molecular flexibility index (Phi) is 4.59. The average molecular weight is 487 g/mol. The van der Waals surface area contributed by atoms with Crippen molar-refractivity contribution in [2.24, 2.45) is 11.3 Å². The van der Waals surface area contributed by atoms with E-state index in [4.69, 9.17) is 4.74 Å². The fourth-order valence-corrected chi connectivity index (χ4v) is 8.30. The third-order valence-corrected chi connectivity index (χ3v) is 10.2. The Bertz CT molecular complexity index is 1440. The molecule has 0 radical (unpaired) electrons. The molecule has 2 aromatic rings. The number of benzene rings is 1. The van der Waals surface area contributed by atoms with Crippen LogP contribution >= 0.6 is 0 Å². The Labute approximate surface area is 211 Å². The van der Waals surface area contributed by atoms with Gasteiger partial charge in [-0.25, -0.2) is 0 Å². The standard InChI is InChI=1S/C30H34N2O4/c1-28-10-8-19-15-22-25(33)26(34)23(32(2)3)16-29(22)11-12-30(19,36-29)24(28)7-6-21(28)18-5-4-17-9-13-31-27(35)20(17)14-18/h4-6,8-9,13-15,23-26,33-34H,7,10-12,16H2,1-3H3,(H,31,35)/t23-,24+,25+,26+,28+,29+,30+/m0/s1. The summed E-state index contributed by atoms with van der Waals surface area (Å²) in [6, 6.07) is 8.03. The second kappa shape index (κ2) is 7.29. The molecule has 1 aromatic heterocycles. The Morgan fingerprint density at radius 3 is 2.78 bits per heavy atom. The highest BCUT2D eigenvalue weighted by Gasteiger charge is 2.67. The normalized spacial score (nSPS) is 40.9. The summed E-state index contributed by atoms with van der Waals surface area (Å²) < 4.78 is 7.21. The summed E-state index contributed by atoms with van der Waals surface area (Å²) in [5.74, 6) is 0.281. The molecular weight excluding hydrogens is 452 g/mol. The number of ether oxygens (including phenoxy) is 1. The minimum atomic E-state index is -0.913. The lowest BCUT2D eigenvalue weighted by Crippen LogP contribution is -2.61. The van der Waals surface area contributed by atoms with Crippen LogP contribution in [0.2, 0.25) is 0 Å². The molecule has 6 nitrogen and oxygen atoms in total. The molecule has 188 valence electrons. The number of hydrogen-bond acceptors (Lipinski definition) is 5. The van der Waals surface area contributed by atoms with Crippen LogP contribution in [0, 0.1) is 11.3 Å². The van der Waals surface area contributed by atoms with Crippen LogP contribution in [0.1, 0.15) is 44.6 Å². The van der Waals surface area contributed by atoms with E-state index in [0.717, 1.165) is 47.6 Å². The lowest BCUT2D eigenvalue weighted by Gasteiger charge is -2.55. The second-order valence-electron chi connectivity index (χ2n) is 12.1. The van der Waals surface area contributed by atoms with Gasteiger partial charge in [0.25, 0.3) is 5.56 Å². The van der Waals surface area contributed by atoms with Gasteiger partial charge in [0.15, 0.2) is 0 Å². The van der Waals surface area contributed by atoms with Crippen molar-refractivity contribution in [3.8, 4) is 0 Å². The van der Waals surface area contributed by atoms with E-state index in [2.05, 4.69) is 36.2 Å². The summed E-state index contributed by atoms with van der Waals surface area (Å²) in [6.45, 7) is 2.35. The Morgan fingerprint density at radius 2 is 1.97 bits per heavy atom. The topological polar surface area (TPSA) is 85.8 Å². The van der Waals surface area contributed by atoms with E-state index in [0.29, 0.717) is 6.42 Å². The van der Waals surface area contributed by atoms with Crippen molar-refractivity contribution in [3.63, 3.8) is 0 Å². The maximum atomic E-state index is 12.5. The van der Waals surface area contributed by atoms with Gasteiger partial charge < -0.3 is 24.8 Å². The van der Waals surface area contributed by atoms with Crippen molar-refractivity contribution < 1.29 is 14.9 Å². The number of nitrogens with one attached hydrogen (secondary N) is 1. The molecule has 2 bridgehead atoms. The number of nitrogens with zero attached hydrogens (tertiary/aromatic N) is 1. The number of aromatic nitrogens is 1. The number of pyridine rings is 1. The van der Waals surface area contributed by atoms with Crippen LogP contribution in [0.4, 0.5) is 0 Å². The van der Waals surface area contributed by atoms with Crippen LogP contribution in [-0.4, -0.2) is 63.6 Å². The molecule has 5 aliphatic rings. The van der Waals surface area contributed by atoms with E-state index in [-0.39, 0.29) is 28.5 Å². The Hall–Kier alpha value is -2.51. The molecule has 2 fully saturated rings. The van der Waals surface area contributed by atoms with Crippen molar-refractivity contribution in [2.45, 2.75) is 68.5 Å². The highest BCUT2D eigenvalue weighted by Crippen LogP contribution is 2.67. The summed E-state index contributed by atoms with van der Waals surface area (Å²) in [6.07, 6.45) is 11.1. The number of H-pyrrole nitrogens is 1. The maximum Gasteiger partial charge on any atom is 0.255 e. The van der Waals surface area contributed by atoms with Gasteiger partial charge in [-0.15, -0.1) is 0 Å². The van der Waals surface area contributed by atoms with Crippen LogP contribution in [0.25, 0.3) is 16.3 Å². The number of aliphatic hydroxyl groups excluding tert-OH is 2. The number of aliphatic hydroxyl groups is 2. The molecule has 1 aromatic carbocycles. The monoisotopic (exact) mass is 486 g/mol. The molecule has 36 heavy (non-hydrogen) atoms. The molecule has 6 heteroatoms. The number of fused-ring (bicyclic) bond motifs is 2. The van der Waals surface area contributed by atoms with Crippen molar-refractivity contribution in [2.75, 3.05) is 14.1 Å². The van der Waals surface area contributed by atoms with Crippen molar-refractivity contribution >= 4 is 16.3 Å². The van der Waals surface area contributed by atoms with Crippen molar-refractivity contribution in [1.29, 1.82) is 0 Å². The summed E-state index contributed by atoms with van der Waals surface area (Å²) in [4.78, 5) is 17.3. The zero-order chi connectivity index (χ0) is 25.0. The number of allylic oxidation sites excluding steroid dienone is 3. The zero-order valence-electron chi connectivity index (χ0n) is 21.1. The van der Waals surface area contributed by atoms with Crippen LogP contribution in [0.3, 0.4) is 0 Å². The molecular formula is C30H34N2O4. The predicted molar refractivity (Wildman–Crippen MR) is 139 cm³/mol. The van der Waals surface area contributed by atoms with Gasteiger partial charge in [-0.1, -0.05) is 37.3 Å². The first kappa shape index (κ1) is 22.7.